The summed E-state index contributed by atoms with van der Waals surface area (Å²) in [5, 5.41) is 18.2. The Balaban J connectivity index is 1.41. The average Bonchev–Trinajstić information content (AvgIpc) is 3.34. The van der Waals surface area contributed by atoms with Crippen molar-refractivity contribution in [3.8, 4) is 17.3 Å². The number of fused-ring (bicyclic) bond motifs is 3. The van der Waals surface area contributed by atoms with Crippen LogP contribution < -0.4 is 16.0 Å². The van der Waals surface area contributed by atoms with Gasteiger partial charge in [-0.15, -0.1) is 0 Å². The third-order valence-corrected chi connectivity index (χ3v) is 5.07. The zero-order valence-corrected chi connectivity index (χ0v) is 16.6. The minimum Gasteiger partial charge on any atom is -0.383 e. The zero-order chi connectivity index (χ0) is 20.9. The molecule has 1 unspecified atom stereocenters. The van der Waals surface area contributed by atoms with Crippen LogP contribution in [-0.2, 0) is 4.74 Å². The molecular weight excluding hydrogens is 380 g/mol. The molecule has 2 heterocycles. The number of methoxy groups -OCH3 is 1. The normalized spacial score (nSPS) is 13.8. The van der Waals surface area contributed by atoms with Crippen molar-refractivity contribution in [2.75, 3.05) is 37.4 Å². The Morgan fingerprint density at radius 1 is 1.30 bits per heavy atom. The predicted molar refractivity (Wildman–Crippen MR) is 114 cm³/mol. The van der Waals surface area contributed by atoms with Gasteiger partial charge in [-0.3, -0.25) is 0 Å². The van der Waals surface area contributed by atoms with E-state index in [1.807, 2.05) is 18.3 Å². The number of aromatic nitrogens is 2. The van der Waals surface area contributed by atoms with Crippen LogP contribution in [0.3, 0.4) is 0 Å². The van der Waals surface area contributed by atoms with Crippen LogP contribution in [0, 0.1) is 11.3 Å². The van der Waals surface area contributed by atoms with Crippen LogP contribution >= 0.6 is 0 Å². The highest BCUT2D eigenvalue weighted by Gasteiger charge is 2.28. The van der Waals surface area contributed by atoms with Crippen molar-refractivity contribution in [3.05, 3.63) is 66.1 Å². The van der Waals surface area contributed by atoms with Gasteiger partial charge in [0.05, 0.1) is 42.1 Å². The molecule has 0 saturated heterocycles. The second-order valence-corrected chi connectivity index (χ2v) is 6.92. The van der Waals surface area contributed by atoms with Crippen molar-refractivity contribution >= 4 is 17.4 Å². The Labute approximate surface area is 174 Å². The Bertz CT molecular complexity index is 1100. The van der Waals surface area contributed by atoms with Crippen LogP contribution in [0.5, 0.6) is 0 Å². The van der Waals surface area contributed by atoms with E-state index in [9.17, 15) is 10.1 Å². The lowest BCUT2D eigenvalue weighted by Gasteiger charge is -2.16. The molecule has 2 amide bonds. The van der Waals surface area contributed by atoms with Crippen molar-refractivity contribution in [3.63, 3.8) is 0 Å². The number of rotatable bonds is 7. The number of hydrogen-bond donors (Lipinski definition) is 3. The van der Waals surface area contributed by atoms with E-state index in [0.29, 0.717) is 36.6 Å². The fourth-order valence-corrected chi connectivity index (χ4v) is 3.66. The van der Waals surface area contributed by atoms with Crippen molar-refractivity contribution in [1.82, 2.24) is 14.9 Å². The first kappa shape index (κ1) is 19.5. The molecule has 8 heteroatoms. The zero-order valence-electron chi connectivity index (χ0n) is 16.6. The van der Waals surface area contributed by atoms with Gasteiger partial charge in [-0.25, -0.2) is 9.78 Å². The lowest BCUT2D eigenvalue weighted by atomic mass is 10.0. The molecule has 4 rings (SSSR count). The van der Waals surface area contributed by atoms with E-state index in [4.69, 9.17) is 4.74 Å². The van der Waals surface area contributed by atoms with Crippen LogP contribution in [0.4, 0.5) is 16.2 Å². The molecule has 1 aliphatic rings. The van der Waals surface area contributed by atoms with Gasteiger partial charge in [0.25, 0.3) is 0 Å². The summed E-state index contributed by atoms with van der Waals surface area (Å²) >= 11 is 0. The number of benzene rings is 2. The number of ether oxygens (including phenoxy) is 1. The maximum absolute atomic E-state index is 12.5. The molecular formula is C22H22N6O2. The van der Waals surface area contributed by atoms with Crippen molar-refractivity contribution in [2.45, 2.75) is 6.04 Å². The first-order valence-electron chi connectivity index (χ1n) is 9.64. The fourth-order valence-electron chi connectivity index (χ4n) is 3.66. The quantitative estimate of drug-likeness (QED) is 0.527. The van der Waals surface area contributed by atoms with Gasteiger partial charge in [-0.05, 0) is 23.8 Å². The van der Waals surface area contributed by atoms with Crippen LogP contribution in [0.1, 0.15) is 17.2 Å². The third kappa shape index (κ3) is 3.83. The average molecular weight is 402 g/mol. The van der Waals surface area contributed by atoms with E-state index in [1.165, 1.54) is 5.56 Å². The number of nitriles is 1. The number of urea groups is 1. The summed E-state index contributed by atoms with van der Waals surface area (Å²) in [6.45, 7) is 1.51. The first-order valence-corrected chi connectivity index (χ1v) is 9.64. The number of nitrogens with one attached hydrogen (secondary N) is 3. The first-order chi connectivity index (χ1) is 14.7. The molecule has 1 atom stereocenters. The Morgan fingerprint density at radius 2 is 2.17 bits per heavy atom. The van der Waals surface area contributed by atoms with Crippen molar-refractivity contribution < 1.29 is 9.53 Å². The molecule has 0 bridgehead atoms. The van der Waals surface area contributed by atoms with Gasteiger partial charge in [-0.1, -0.05) is 24.3 Å². The van der Waals surface area contributed by atoms with E-state index < -0.39 is 0 Å². The topological polar surface area (TPSA) is 104 Å². The smallest absolute Gasteiger partial charge is 0.319 e. The molecule has 2 aromatic carbocycles. The van der Waals surface area contributed by atoms with Gasteiger partial charge in [0.1, 0.15) is 6.07 Å². The number of amides is 2. The predicted octanol–water partition coefficient (Wildman–Crippen LogP) is 3.20. The molecule has 0 spiro atoms. The maximum Gasteiger partial charge on any atom is 0.319 e. The molecule has 0 radical (unpaired) electrons. The van der Waals surface area contributed by atoms with Gasteiger partial charge in [0.15, 0.2) is 0 Å². The molecule has 0 aliphatic carbocycles. The third-order valence-electron chi connectivity index (χ3n) is 5.07. The number of carbonyl (C=O) groups is 1. The van der Waals surface area contributed by atoms with Crippen LogP contribution in [-0.4, -0.2) is 42.4 Å². The van der Waals surface area contributed by atoms with Gasteiger partial charge in [0.2, 0.25) is 0 Å². The molecule has 8 nitrogen and oxygen atoms in total. The number of nitrogens with zero attached hydrogens (tertiary/aromatic N) is 3. The van der Waals surface area contributed by atoms with Gasteiger partial charge < -0.3 is 25.3 Å². The van der Waals surface area contributed by atoms with Crippen molar-refractivity contribution in [2.24, 2.45) is 0 Å². The lowest BCUT2D eigenvalue weighted by molar-refractivity contribution is 0.211. The molecule has 30 heavy (non-hydrogen) atoms. The summed E-state index contributed by atoms with van der Waals surface area (Å²) in [6.07, 6.45) is 3.63. The molecule has 1 aliphatic heterocycles. The second-order valence-electron chi connectivity index (χ2n) is 6.92. The van der Waals surface area contributed by atoms with Gasteiger partial charge in [0, 0.05) is 31.5 Å². The molecule has 3 aromatic rings. The van der Waals surface area contributed by atoms with E-state index in [1.54, 1.807) is 31.6 Å². The molecule has 3 N–H and O–H groups in total. The molecule has 0 saturated carbocycles. The number of carbonyl (C=O) groups excluding carboxylic acids is 1. The standard InChI is InChI=1S/C22H22N6O2/c1-30-9-8-25-19-10-16(7-6-15(19)11-23)27-22(29)26-13-21-18-5-3-2-4-17(18)20-12-24-14-28(20)21/h2-7,10,12,14,21,25H,8-9,13H2,1H3,(H2,26,27,29). The van der Waals surface area contributed by atoms with E-state index in [-0.39, 0.29) is 12.1 Å². The summed E-state index contributed by atoms with van der Waals surface area (Å²) in [5.74, 6) is 0. The van der Waals surface area contributed by atoms with Gasteiger partial charge >= 0.3 is 6.03 Å². The summed E-state index contributed by atoms with van der Waals surface area (Å²) < 4.78 is 7.10. The highest BCUT2D eigenvalue weighted by Crippen LogP contribution is 2.38. The molecule has 152 valence electrons. The molecule has 1 aromatic heterocycles. The number of hydrogen-bond acceptors (Lipinski definition) is 5. The second kappa shape index (κ2) is 8.68. The minimum atomic E-state index is -0.311. The van der Waals surface area contributed by atoms with Crippen LogP contribution in [0.2, 0.25) is 0 Å². The summed E-state index contributed by atoms with van der Waals surface area (Å²) in [6, 6.07) is 15.1. The van der Waals surface area contributed by atoms with Gasteiger partial charge in [-0.2, -0.15) is 5.26 Å². The Morgan fingerprint density at radius 3 is 3.00 bits per heavy atom. The lowest BCUT2D eigenvalue weighted by Crippen LogP contribution is -2.33. The van der Waals surface area contributed by atoms with Crippen molar-refractivity contribution in [1.29, 1.82) is 5.26 Å². The fraction of sp³-hybridized carbons (Fsp3) is 0.227. The van der Waals surface area contributed by atoms with Crippen LogP contribution in [0.15, 0.2) is 55.0 Å². The monoisotopic (exact) mass is 402 g/mol. The molecule has 0 fully saturated rings. The minimum absolute atomic E-state index is 0.00307. The SMILES string of the molecule is COCCNc1cc(NC(=O)NCC2c3ccccc3-c3cncn32)ccc1C#N. The van der Waals surface area contributed by atoms with E-state index >= 15 is 0 Å². The largest absolute Gasteiger partial charge is 0.383 e. The maximum atomic E-state index is 12.5. The van der Waals surface area contributed by atoms with Crippen LogP contribution in [0.25, 0.3) is 11.3 Å². The highest BCUT2D eigenvalue weighted by atomic mass is 16.5. The summed E-state index contributed by atoms with van der Waals surface area (Å²) in [5.41, 5.74) is 5.12. The Hall–Kier alpha value is -3.83. The Kier molecular flexibility index (Phi) is 5.63. The highest BCUT2D eigenvalue weighted by molar-refractivity contribution is 5.90. The van der Waals surface area contributed by atoms with E-state index in [2.05, 4.69) is 43.7 Å². The summed E-state index contributed by atoms with van der Waals surface area (Å²) in [4.78, 5) is 16.7. The number of imidazole rings is 1. The summed E-state index contributed by atoms with van der Waals surface area (Å²) in [7, 11) is 1.62. The number of anilines is 2. The van der Waals surface area contributed by atoms with E-state index in [0.717, 1.165) is 11.3 Å².